The van der Waals surface area contributed by atoms with Crippen LogP contribution in [0, 0.1) is 0 Å². The number of rotatable bonds is 7. The fourth-order valence-corrected chi connectivity index (χ4v) is 3.02. The van der Waals surface area contributed by atoms with Crippen molar-refractivity contribution in [3.05, 3.63) is 66.3 Å². The van der Waals surface area contributed by atoms with Crippen molar-refractivity contribution in [2.24, 2.45) is 0 Å². The molecule has 1 amide bonds. The zero-order valence-corrected chi connectivity index (χ0v) is 15.6. The molecule has 2 N–H and O–H groups in total. The lowest BCUT2D eigenvalue weighted by Gasteiger charge is -2.11. The molecule has 7 heteroatoms. The number of aryl methyl sites for hydroxylation is 1. The van der Waals surface area contributed by atoms with E-state index >= 15 is 0 Å². The number of fused-ring (bicyclic) bond motifs is 1. The van der Waals surface area contributed by atoms with Gasteiger partial charge in [0.2, 0.25) is 17.6 Å². The number of carbonyl (C=O) groups excluding carboxylic acids is 1. The van der Waals surface area contributed by atoms with E-state index in [9.17, 15) is 4.79 Å². The second kappa shape index (κ2) is 8.04. The number of hydrogen-bond acceptors (Lipinski definition) is 5. The van der Waals surface area contributed by atoms with Crippen LogP contribution in [-0.4, -0.2) is 26.0 Å². The highest BCUT2D eigenvalue weighted by Gasteiger charge is 2.14. The summed E-state index contributed by atoms with van der Waals surface area (Å²) in [5.41, 5.74) is 2.77. The lowest BCUT2D eigenvalue weighted by Crippen LogP contribution is -2.27. The SMILES string of the molecule is C[C@H](NC(=O)CCCc1nc(-c2ccccc2)no1)c1nc2ccccc2[nH]1. The maximum absolute atomic E-state index is 12.2. The molecule has 2 aromatic carbocycles. The molecule has 0 unspecified atom stereocenters. The van der Waals surface area contributed by atoms with E-state index in [1.807, 2.05) is 61.5 Å². The number of amides is 1. The number of aromatic nitrogens is 4. The number of para-hydroxylation sites is 2. The molecule has 4 rings (SSSR count). The Kier molecular flexibility index (Phi) is 5.14. The van der Waals surface area contributed by atoms with E-state index in [0.717, 1.165) is 22.4 Å². The summed E-state index contributed by atoms with van der Waals surface area (Å²) < 4.78 is 5.28. The van der Waals surface area contributed by atoms with Crippen molar-refractivity contribution < 1.29 is 9.32 Å². The van der Waals surface area contributed by atoms with Crippen LogP contribution < -0.4 is 5.32 Å². The number of H-pyrrole nitrogens is 1. The smallest absolute Gasteiger partial charge is 0.226 e. The van der Waals surface area contributed by atoms with Gasteiger partial charge in [-0.15, -0.1) is 0 Å². The van der Waals surface area contributed by atoms with Crippen molar-refractivity contribution in [3.8, 4) is 11.4 Å². The predicted molar refractivity (Wildman–Crippen MR) is 105 cm³/mol. The van der Waals surface area contributed by atoms with Crippen molar-refractivity contribution >= 4 is 16.9 Å². The van der Waals surface area contributed by atoms with Crippen LogP contribution in [0.1, 0.15) is 37.5 Å². The Morgan fingerprint density at radius 2 is 1.89 bits per heavy atom. The molecule has 4 aromatic rings. The molecule has 2 heterocycles. The molecule has 0 aliphatic rings. The summed E-state index contributed by atoms with van der Waals surface area (Å²) in [7, 11) is 0. The van der Waals surface area contributed by atoms with Gasteiger partial charge in [-0.25, -0.2) is 4.98 Å². The van der Waals surface area contributed by atoms with Gasteiger partial charge in [0, 0.05) is 18.4 Å². The molecule has 0 bridgehead atoms. The van der Waals surface area contributed by atoms with E-state index in [0.29, 0.717) is 31.0 Å². The van der Waals surface area contributed by atoms with E-state index in [-0.39, 0.29) is 11.9 Å². The Hall–Kier alpha value is -3.48. The van der Waals surface area contributed by atoms with Gasteiger partial charge in [0.05, 0.1) is 17.1 Å². The van der Waals surface area contributed by atoms with Crippen molar-refractivity contribution in [3.63, 3.8) is 0 Å². The van der Waals surface area contributed by atoms with E-state index < -0.39 is 0 Å². The zero-order valence-electron chi connectivity index (χ0n) is 15.6. The molecule has 0 fully saturated rings. The number of imidazole rings is 1. The van der Waals surface area contributed by atoms with E-state index in [1.165, 1.54) is 0 Å². The largest absolute Gasteiger partial charge is 0.346 e. The first-order chi connectivity index (χ1) is 13.7. The highest BCUT2D eigenvalue weighted by Crippen LogP contribution is 2.17. The van der Waals surface area contributed by atoms with Crippen molar-refractivity contribution in [1.82, 2.24) is 25.4 Å². The van der Waals surface area contributed by atoms with Gasteiger partial charge in [0.15, 0.2) is 0 Å². The second-order valence-electron chi connectivity index (χ2n) is 6.66. The lowest BCUT2D eigenvalue weighted by atomic mass is 10.2. The Bertz CT molecular complexity index is 1040. The number of hydrogen-bond donors (Lipinski definition) is 2. The summed E-state index contributed by atoms with van der Waals surface area (Å²) in [6.07, 6.45) is 1.58. The van der Waals surface area contributed by atoms with Crippen LogP contribution in [0.15, 0.2) is 59.1 Å². The summed E-state index contributed by atoms with van der Waals surface area (Å²) >= 11 is 0. The Labute approximate surface area is 162 Å². The lowest BCUT2D eigenvalue weighted by molar-refractivity contribution is -0.121. The third kappa shape index (κ3) is 4.09. The van der Waals surface area contributed by atoms with Gasteiger partial charge < -0.3 is 14.8 Å². The molecule has 0 aliphatic heterocycles. The Morgan fingerprint density at radius 1 is 1.11 bits per heavy atom. The van der Waals surface area contributed by atoms with Crippen LogP contribution in [-0.2, 0) is 11.2 Å². The van der Waals surface area contributed by atoms with Gasteiger partial charge in [-0.1, -0.05) is 47.6 Å². The van der Waals surface area contributed by atoms with Crippen LogP contribution in [0.3, 0.4) is 0 Å². The third-order valence-electron chi connectivity index (χ3n) is 4.49. The fraction of sp³-hybridized carbons (Fsp3) is 0.238. The summed E-state index contributed by atoms with van der Waals surface area (Å²) in [6.45, 7) is 1.92. The van der Waals surface area contributed by atoms with Gasteiger partial charge in [-0.2, -0.15) is 4.98 Å². The van der Waals surface area contributed by atoms with E-state index in [1.54, 1.807) is 0 Å². The first kappa shape index (κ1) is 17.9. The molecule has 0 saturated heterocycles. The molecule has 0 aliphatic carbocycles. The third-order valence-corrected chi connectivity index (χ3v) is 4.49. The van der Waals surface area contributed by atoms with Crippen molar-refractivity contribution in [2.45, 2.75) is 32.2 Å². The fourth-order valence-electron chi connectivity index (χ4n) is 3.02. The molecule has 28 heavy (non-hydrogen) atoms. The predicted octanol–water partition coefficient (Wildman–Crippen LogP) is 3.81. The van der Waals surface area contributed by atoms with Crippen LogP contribution >= 0.6 is 0 Å². The quantitative estimate of drug-likeness (QED) is 0.512. The number of benzene rings is 2. The summed E-state index contributed by atoms with van der Waals surface area (Å²) in [6, 6.07) is 17.3. The zero-order chi connectivity index (χ0) is 19.3. The molecular formula is C21H21N5O2. The van der Waals surface area contributed by atoms with Gasteiger partial charge in [-0.3, -0.25) is 4.79 Å². The maximum atomic E-state index is 12.2. The van der Waals surface area contributed by atoms with Gasteiger partial charge in [0.1, 0.15) is 5.82 Å². The molecule has 2 aromatic heterocycles. The number of carbonyl (C=O) groups is 1. The summed E-state index contributed by atoms with van der Waals surface area (Å²) in [4.78, 5) is 24.4. The van der Waals surface area contributed by atoms with Gasteiger partial charge in [-0.05, 0) is 25.5 Å². The van der Waals surface area contributed by atoms with Gasteiger partial charge in [0.25, 0.3) is 0 Å². The number of nitrogens with zero attached hydrogens (tertiary/aromatic N) is 3. The maximum Gasteiger partial charge on any atom is 0.226 e. The minimum Gasteiger partial charge on any atom is -0.346 e. The summed E-state index contributed by atoms with van der Waals surface area (Å²) in [5.74, 6) is 1.82. The highest BCUT2D eigenvalue weighted by molar-refractivity contribution is 5.77. The standard InChI is InChI=1S/C21H21N5O2/c1-14(20-23-16-10-5-6-11-17(16)24-20)22-18(27)12-7-13-19-25-21(26-28-19)15-8-3-2-4-9-15/h2-6,8-11,14H,7,12-13H2,1H3,(H,22,27)(H,23,24)/t14-/m0/s1. The molecular weight excluding hydrogens is 354 g/mol. The number of aromatic amines is 1. The van der Waals surface area contributed by atoms with Crippen LogP contribution in [0.4, 0.5) is 0 Å². The molecule has 7 nitrogen and oxygen atoms in total. The van der Waals surface area contributed by atoms with Crippen LogP contribution in [0.2, 0.25) is 0 Å². The molecule has 142 valence electrons. The van der Waals surface area contributed by atoms with Gasteiger partial charge >= 0.3 is 0 Å². The monoisotopic (exact) mass is 375 g/mol. The van der Waals surface area contributed by atoms with E-state index in [2.05, 4.69) is 25.4 Å². The minimum absolute atomic E-state index is 0.0317. The van der Waals surface area contributed by atoms with Crippen molar-refractivity contribution in [2.75, 3.05) is 0 Å². The Balaban J connectivity index is 1.27. The average molecular weight is 375 g/mol. The first-order valence-corrected chi connectivity index (χ1v) is 9.31. The van der Waals surface area contributed by atoms with Crippen molar-refractivity contribution in [1.29, 1.82) is 0 Å². The second-order valence-corrected chi connectivity index (χ2v) is 6.66. The van der Waals surface area contributed by atoms with Crippen LogP contribution in [0.25, 0.3) is 22.4 Å². The normalized spacial score (nSPS) is 12.2. The average Bonchev–Trinajstić information content (AvgIpc) is 3.36. The minimum atomic E-state index is -0.187. The molecule has 0 spiro atoms. The topological polar surface area (TPSA) is 96.7 Å². The molecule has 0 radical (unpaired) electrons. The van der Waals surface area contributed by atoms with E-state index in [4.69, 9.17) is 4.52 Å². The van der Waals surface area contributed by atoms with Crippen LogP contribution in [0.5, 0.6) is 0 Å². The first-order valence-electron chi connectivity index (χ1n) is 9.31. The Morgan fingerprint density at radius 3 is 2.71 bits per heavy atom. The summed E-state index contributed by atoms with van der Waals surface area (Å²) in [5, 5.41) is 6.97. The molecule has 0 saturated carbocycles. The highest BCUT2D eigenvalue weighted by atomic mass is 16.5. The molecule has 1 atom stereocenters. The number of nitrogens with one attached hydrogen (secondary N) is 2.